The zero-order valence-corrected chi connectivity index (χ0v) is 11.9. The summed E-state index contributed by atoms with van der Waals surface area (Å²) in [5.74, 6) is 0.797. The lowest BCUT2D eigenvalue weighted by Gasteiger charge is -2.19. The van der Waals surface area contributed by atoms with E-state index in [1.807, 2.05) is 11.3 Å². The molecule has 0 bridgehead atoms. The summed E-state index contributed by atoms with van der Waals surface area (Å²) < 4.78 is 0. The molecule has 0 aromatic carbocycles. The molecule has 0 spiro atoms. The molecule has 1 rings (SSSR count). The van der Waals surface area contributed by atoms with Crippen molar-refractivity contribution < 1.29 is 0 Å². The van der Waals surface area contributed by atoms with Crippen molar-refractivity contribution in [1.82, 2.24) is 5.32 Å². The summed E-state index contributed by atoms with van der Waals surface area (Å²) in [6, 6.07) is 2.80. The Kier molecular flexibility index (Phi) is 6.07. The number of hydrogen-bond donors (Lipinski definition) is 1. The topological polar surface area (TPSA) is 12.0 Å². The van der Waals surface area contributed by atoms with Crippen LogP contribution in [-0.4, -0.2) is 6.54 Å². The maximum absolute atomic E-state index is 3.68. The third kappa shape index (κ3) is 4.26. The maximum Gasteiger partial charge on any atom is 0.0417 e. The van der Waals surface area contributed by atoms with Gasteiger partial charge in [-0.3, -0.25) is 0 Å². The summed E-state index contributed by atoms with van der Waals surface area (Å²) in [5, 5.41) is 5.89. The maximum atomic E-state index is 3.68. The molecule has 0 fully saturated rings. The predicted molar refractivity (Wildman–Crippen MR) is 74.2 cm³/mol. The van der Waals surface area contributed by atoms with E-state index >= 15 is 0 Å². The molecule has 1 aromatic rings. The molecule has 1 aromatic heterocycles. The number of nitrogens with one attached hydrogen (secondary N) is 1. The molecule has 1 N–H and O–H groups in total. The Morgan fingerprint density at radius 3 is 2.56 bits per heavy atom. The SMILES string of the molecule is CCCNC(CCC(C)C)c1sccc1C. The quantitative estimate of drug-likeness (QED) is 0.737. The molecule has 1 heterocycles. The number of hydrogen-bond acceptors (Lipinski definition) is 2. The van der Waals surface area contributed by atoms with Crippen molar-refractivity contribution in [2.45, 2.75) is 53.0 Å². The molecule has 1 atom stereocenters. The minimum atomic E-state index is 0.572. The van der Waals surface area contributed by atoms with Gasteiger partial charge in [0, 0.05) is 10.9 Å². The highest BCUT2D eigenvalue weighted by Crippen LogP contribution is 2.28. The standard InChI is InChI=1S/C14H25NS/c1-5-9-15-13(7-6-11(2)3)14-12(4)8-10-16-14/h8,10-11,13,15H,5-7,9H2,1-4H3. The molecule has 0 aliphatic rings. The second kappa shape index (κ2) is 7.08. The number of aryl methyl sites for hydroxylation is 1. The van der Waals surface area contributed by atoms with Crippen molar-refractivity contribution in [2.75, 3.05) is 6.54 Å². The Morgan fingerprint density at radius 2 is 2.06 bits per heavy atom. The first-order chi connectivity index (χ1) is 7.65. The zero-order chi connectivity index (χ0) is 12.0. The average molecular weight is 239 g/mol. The van der Waals surface area contributed by atoms with Crippen LogP contribution in [-0.2, 0) is 0 Å². The van der Waals surface area contributed by atoms with Crippen LogP contribution in [0.4, 0.5) is 0 Å². The van der Waals surface area contributed by atoms with E-state index in [4.69, 9.17) is 0 Å². The summed E-state index contributed by atoms with van der Waals surface area (Å²) >= 11 is 1.90. The van der Waals surface area contributed by atoms with Gasteiger partial charge in [0.15, 0.2) is 0 Å². The van der Waals surface area contributed by atoms with Crippen molar-refractivity contribution in [3.63, 3.8) is 0 Å². The molecule has 1 nitrogen and oxygen atoms in total. The Balaban J connectivity index is 2.60. The van der Waals surface area contributed by atoms with Crippen molar-refractivity contribution in [3.05, 3.63) is 21.9 Å². The molecule has 0 aliphatic heterocycles. The Labute approximate surface area is 104 Å². The molecule has 0 amide bonds. The fraction of sp³-hybridized carbons (Fsp3) is 0.714. The van der Waals surface area contributed by atoms with Crippen LogP contribution < -0.4 is 5.32 Å². The summed E-state index contributed by atoms with van der Waals surface area (Å²) in [5.41, 5.74) is 1.45. The van der Waals surface area contributed by atoms with Crippen LogP contribution in [0.25, 0.3) is 0 Å². The summed E-state index contributed by atoms with van der Waals surface area (Å²) in [6.45, 7) is 10.2. The van der Waals surface area contributed by atoms with E-state index in [0.29, 0.717) is 6.04 Å². The summed E-state index contributed by atoms with van der Waals surface area (Å²) in [7, 11) is 0. The van der Waals surface area contributed by atoms with E-state index in [0.717, 1.165) is 12.5 Å². The first kappa shape index (κ1) is 13.7. The van der Waals surface area contributed by atoms with Gasteiger partial charge in [-0.1, -0.05) is 20.8 Å². The van der Waals surface area contributed by atoms with Gasteiger partial charge < -0.3 is 5.32 Å². The highest BCUT2D eigenvalue weighted by molar-refractivity contribution is 7.10. The predicted octanol–water partition coefficient (Wildman–Crippen LogP) is 4.53. The fourth-order valence-corrected chi connectivity index (χ4v) is 2.92. The highest BCUT2D eigenvalue weighted by Gasteiger charge is 2.14. The molecule has 0 aliphatic carbocycles. The van der Waals surface area contributed by atoms with Crippen LogP contribution in [0.15, 0.2) is 11.4 Å². The largest absolute Gasteiger partial charge is 0.309 e. The van der Waals surface area contributed by atoms with Gasteiger partial charge in [0.2, 0.25) is 0 Å². The van der Waals surface area contributed by atoms with Crippen LogP contribution in [0, 0.1) is 12.8 Å². The van der Waals surface area contributed by atoms with Crippen molar-refractivity contribution in [3.8, 4) is 0 Å². The lowest BCUT2D eigenvalue weighted by molar-refractivity contribution is 0.444. The van der Waals surface area contributed by atoms with E-state index in [9.17, 15) is 0 Å². The zero-order valence-electron chi connectivity index (χ0n) is 11.0. The van der Waals surface area contributed by atoms with Gasteiger partial charge in [0.05, 0.1) is 0 Å². The smallest absolute Gasteiger partial charge is 0.0417 e. The number of rotatable bonds is 7. The lowest BCUT2D eigenvalue weighted by Crippen LogP contribution is -2.22. The van der Waals surface area contributed by atoms with Gasteiger partial charge in [-0.05, 0) is 55.7 Å². The Morgan fingerprint density at radius 1 is 1.31 bits per heavy atom. The van der Waals surface area contributed by atoms with Crippen molar-refractivity contribution in [1.29, 1.82) is 0 Å². The Bertz CT molecular complexity index is 291. The fourth-order valence-electron chi connectivity index (χ4n) is 1.89. The molecular weight excluding hydrogens is 214 g/mol. The minimum Gasteiger partial charge on any atom is -0.309 e. The molecule has 0 radical (unpaired) electrons. The van der Waals surface area contributed by atoms with E-state index in [1.165, 1.54) is 29.7 Å². The lowest BCUT2D eigenvalue weighted by atomic mass is 10.0. The van der Waals surface area contributed by atoms with Gasteiger partial charge in [-0.15, -0.1) is 11.3 Å². The first-order valence-corrected chi connectivity index (χ1v) is 7.30. The average Bonchev–Trinajstić information content (AvgIpc) is 2.65. The van der Waals surface area contributed by atoms with Gasteiger partial charge in [0.1, 0.15) is 0 Å². The summed E-state index contributed by atoms with van der Waals surface area (Å²) in [4.78, 5) is 1.54. The van der Waals surface area contributed by atoms with Crippen LogP contribution >= 0.6 is 11.3 Å². The monoisotopic (exact) mass is 239 g/mol. The second-order valence-corrected chi connectivity index (χ2v) is 5.89. The van der Waals surface area contributed by atoms with E-state index < -0.39 is 0 Å². The first-order valence-electron chi connectivity index (χ1n) is 6.42. The van der Waals surface area contributed by atoms with Crippen molar-refractivity contribution in [2.24, 2.45) is 5.92 Å². The van der Waals surface area contributed by atoms with Gasteiger partial charge in [-0.2, -0.15) is 0 Å². The van der Waals surface area contributed by atoms with E-state index in [1.54, 1.807) is 0 Å². The second-order valence-electron chi connectivity index (χ2n) is 4.95. The molecule has 16 heavy (non-hydrogen) atoms. The number of thiophene rings is 1. The summed E-state index contributed by atoms with van der Waals surface area (Å²) in [6.07, 6.45) is 3.78. The van der Waals surface area contributed by atoms with Crippen LogP contribution in [0.5, 0.6) is 0 Å². The van der Waals surface area contributed by atoms with E-state index in [2.05, 4.69) is 44.5 Å². The normalized spacial score (nSPS) is 13.3. The third-order valence-electron chi connectivity index (χ3n) is 2.89. The molecule has 1 unspecified atom stereocenters. The van der Waals surface area contributed by atoms with E-state index in [-0.39, 0.29) is 0 Å². The van der Waals surface area contributed by atoms with Gasteiger partial charge >= 0.3 is 0 Å². The van der Waals surface area contributed by atoms with Crippen LogP contribution in [0.1, 0.15) is 56.5 Å². The minimum absolute atomic E-state index is 0.572. The molecule has 2 heteroatoms. The molecule has 0 saturated heterocycles. The molecular formula is C14H25NS. The highest BCUT2D eigenvalue weighted by atomic mass is 32.1. The Hall–Kier alpha value is -0.340. The third-order valence-corrected chi connectivity index (χ3v) is 4.02. The van der Waals surface area contributed by atoms with Gasteiger partial charge in [0.25, 0.3) is 0 Å². The molecule has 92 valence electrons. The van der Waals surface area contributed by atoms with Crippen LogP contribution in [0.2, 0.25) is 0 Å². The molecule has 0 saturated carbocycles. The van der Waals surface area contributed by atoms with Crippen LogP contribution in [0.3, 0.4) is 0 Å². The van der Waals surface area contributed by atoms with Gasteiger partial charge in [-0.25, -0.2) is 0 Å². The van der Waals surface area contributed by atoms with Crippen molar-refractivity contribution >= 4 is 11.3 Å².